The zero-order valence-corrected chi connectivity index (χ0v) is 39.0. The van der Waals surface area contributed by atoms with E-state index in [2.05, 4.69) is 209 Å². The summed E-state index contributed by atoms with van der Waals surface area (Å²) >= 11 is 1.82. The van der Waals surface area contributed by atoms with Gasteiger partial charge in [-0.2, -0.15) is 12.1 Å². The fourth-order valence-electron chi connectivity index (χ4n) is 8.32. The van der Waals surface area contributed by atoms with Crippen molar-refractivity contribution in [3.63, 3.8) is 0 Å². The summed E-state index contributed by atoms with van der Waals surface area (Å²) in [6, 6.07) is 77.8. The summed E-state index contributed by atoms with van der Waals surface area (Å²) < 4.78 is 0. The fourth-order valence-corrected chi connectivity index (χ4v) is 13.8. The number of pyridine rings is 1. The number of fused-ring (bicyclic) bond motifs is 2. The summed E-state index contributed by atoms with van der Waals surface area (Å²) in [6.45, 7) is 0. The maximum Gasteiger partial charge on any atom is 0.111 e. The molecule has 2 atom stereocenters. The quantitative estimate of drug-likeness (QED) is 0.116. The van der Waals surface area contributed by atoms with Crippen molar-refractivity contribution in [3.8, 4) is 11.1 Å². The summed E-state index contributed by atoms with van der Waals surface area (Å²) in [7, 11) is 1.83. The Kier molecular flexibility index (Phi) is 17.1. The van der Waals surface area contributed by atoms with Crippen molar-refractivity contribution < 1.29 is 17.3 Å². The Morgan fingerprint density at radius 2 is 0.694 bits per heavy atom. The minimum Gasteiger partial charge on any atom is -0.676 e. The number of nitrogens with one attached hydrogen (secondary N) is 2. The molecule has 0 saturated heterocycles. The van der Waals surface area contributed by atoms with Gasteiger partial charge < -0.3 is 11.5 Å². The molecule has 8 aromatic carbocycles. The predicted octanol–water partition coefficient (Wildman–Crippen LogP) is 12.8. The fraction of sp³-hybridized carbons (Fsp3) is 0.109. The summed E-state index contributed by atoms with van der Waals surface area (Å²) in [4.78, 5) is 3.78. The second kappa shape index (κ2) is 23.5. The minimum absolute atomic E-state index is 0.0799. The van der Waals surface area contributed by atoms with E-state index in [-0.39, 0.29) is 12.1 Å². The molecule has 1 fully saturated rings. The number of hydrogen-bond acceptors (Lipinski definition) is 1. The Labute approximate surface area is 383 Å². The van der Waals surface area contributed by atoms with Crippen LogP contribution >= 0.6 is 25.5 Å². The molecule has 0 spiro atoms. The first-order valence-corrected chi connectivity index (χ1v) is 26.3. The molecule has 10 rings (SSSR count). The number of rotatable bonds is 7. The maximum atomic E-state index is 7.29. The molecule has 309 valence electrons. The smallest absolute Gasteiger partial charge is 0.111 e. The van der Waals surface area contributed by atoms with Gasteiger partial charge in [-0.25, -0.2) is 0 Å². The van der Waals surface area contributed by atoms with Crippen LogP contribution in [0.3, 0.4) is 0 Å². The van der Waals surface area contributed by atoms with Crippen LogP contribution in [-0.4, -0.2) is 17.1 Å². The second-order valence-corrected chi connectivity index (χ2v) is 20.0. The zero-order valence-electron chi connectivity index (χ0n) is 34.5. The van der Waals surface area contributed by atoms with Gasteiger partial charge in [0.15, 0.2) is 0 Å². The van der Waals surface area contributed by atoms with Crippen LogP contribution in [0.5, 0.6) is 0 Å². The topological polar surface area (TPSA) is 60.5 Å². The van der Waals surface area contributed by atoms with E-state index in [1.807, 2.05) is 35.5 Å². The molecule has 2 N–H and O–H groups in total. The van der Waals surface area contributed by atoms with Crippen molar-refractivity contribution in [2.75, 3.05) is 0 Å². The van der Waals surface area contributed by atoms with E-state index >= 15 is 0 Å². The van der Waals surface area contributed by atoms with E-state index in [0.717, 1.165) is 12.8 Å². The molecule has 62 heavy (non-hydrogen) atoms. The molecule has 1 aliphatic carbocycles. The van der Waals surface area contributed by atoms with E-state index in [1.165, 1.54) is 77.3 Å². The van der Waals surface area contributed by atoms with Crippen molar-refractivity contribution in [2.45, 2.75) is 37.8 Å². The molecule has 1 heterocycles. The van der Waals surface area contributed by atoms with Crippen molar-refractivity contribution in [2.24, 2.45) is 0 Å². The van der Waals surface area contributed by atoms with Gasteiger partial charge in [0.25, 0.3) is 0 Å². The third-order valence-electron chi connectivity index (χ3n) is 11.2. The van der Waals surface area contributed by atoms with Crippen LogP contribution in [0, 0.1) is 0 Å². The van der Waals surface area contributed by atoms with Gasteiger partial charge in [0, 0.05) is 23.5 Å². The molecule has 1 aromatic heterocycles. The summed E-state index contributed by atoms with van der Waals surface area (Å²) in [5, 5.41) is 13.6. The molecule has 9 aromatic rings. The van der Waals surface area contributed by atoms with E-state index in [1.54, 1.807) is 12.4 Å². The minimum atomic E-state index is -1.37. The normalized spacial score (nSPS) is 14.5. The number of benzene rings is 8. The molecule has 0 unspecified atom stereocenters. The van der Waals surface area contributed by atoms with Gasteiger partial charge in [0.2, 0.25) is 0 Å². The molecule has 0 amide bonds. The molecule has 1 aliphatic rings. The number of hydrogen-bond donors (Lipinski definition) is 0. The third kappa shape index (κ3) is 11.2. The van der Waals surface area contributed by atoms with Crippen molar-refractivity contribution in [1.29, 1.82) is 0 Å². The van der Waals surface area contributed by atoms with Crippen LogP contribution in [-0.2, 0) is 17.3 Å². The Balaban J connectivity index is 0.000000305. The van der Waals surface area contributed by atoms with Crippen LogP contribution in [0.25, 0.3) is 44.1 Å². The first-order valence-electron chi connectivity index (χ1n) is 21.1. The molecule has 3 nitrogen and oxygen atoms in total. The Morgan fingerprint density at radius 1 is 0.387 bits per heavy atom. The molecular weight excluding hydrogens is 901 g/mol. The van der Waals surface area contributed by atoms with Crippen LogP contribution in [0.1, 0.15) is 25.7 Å². The molecule has 1 saturated carbocycles. The number of nitrogens with zero attached hydrogens (tertiary/aromatic N) is 1. The maximum absolute atomic E-state index is 7.29. The standard InChI is InChI=1S/C44H32P2.C6H12N2.C5H5N.ClH.Ru/c1-5-19-35(20-6-1)45(36-21-7-2-8-22-36)41-31-29-33-17-13-15-27-39(33)43(41)44-40-28-16-14-18-34(40)30-32-42(44)46(37-23-9-3-10-24-37)38-25-11-4-12-26-38;7-5-3-1-2-4-6(5)8;1-2-4-6-5-3-1;;/h1-32H;5-8H,1-4H2;1-5H;1H;/q;-2;;;+3/p+1/t;5-,6-;;;/m.1.../s1. The largest absolute Gasteiger partial charge is 0.676 e. The zero-order chi connectivity index (χ0) is 42.9. The monoisotopic (exact) mass is 952 g/mol. The van der Waals surface area contributed by atoms with Gasteiger partial charge in [0.05, 0.1) is 15.8 Å². The average Bonchev–Trinajstić information content (AvgIpc) is 3.35. The van der Waals surface area contributed by atoms with Crippen LogP contribution in [0.2, 0.25) is 0 Å². The van der Waals surface area contributed by atoms with Gasteiger partial charge in [-0.05, 0) is 94.3 Å². The van der Waals surface area contributed by atoms with Crippen molar-refractivity contribution in [1.82, 2.24) is 4.98 Å². The third-order valence-corrected chi connectivity index (χ3v) is 16.8. The van der Waals surface area contributed by atoms with E-state index in [9.17, 15) is 0 Å². The van der Waals surface area contributed by atoms with Crippen LogP contribution in [0.4, 0.5) is 0 Å². The number of halogens is 1. The molecule has 0 bridgehead atoms. The first kappa shape index (κ1) is 45.2. The van der Waals surface area contributed by atoms with Gasteiger partial charge in [-0.15, -0.1) is 0 Å². The van der Waals surface area contributed by atoms with Gasteiger partial charge in [-0.1, -0.05) is 165 Å². The second-order valence-electron chi connectivity index (χ2n) is 15.2. The van der Waals surface area contributed by atoms with Crippen LogP contribution < -0.4 is 31.8 Å². The summed E-state index contributed by atoms with van der Waals surface area (Å²) in [5.41, 5.74) is 17.3. The van der Waals surface area contributed by atoms with Gasteiger partial charge >= 0.3 is 27.0 Å². The van der Waals surface area contributed by atoms with Crippen LogP contribution in [0.15, 0.2) is 225 Å². The average molecular weight is 953 g/mol. The van der Waals surface area contributed by atoms with Gasteiger partial charge in [-0.3, -0.25) is 4.98 Å². The predicted molar refractivity (Wildman–Crippen MR) is 272 cm³/mol. The first-order chi connectivity index (χ1) is 30.7. The van der Waals surface area contributed by atoms with E-state index in [0.29, 0.717) is 0 Å². The molecule has 0 radical (unpaired) electrons. The SMILES string of the molecule is [Cl][Ru+2].[NH-][C@@H]1CCCC[C@H]1[NH-].c1ccc([PH+](c2ccccc2)c2ccc3ccccc3c2-c2c([PH+](c3ccccc3)c3ccccc3)ccc3ccccc23)cc1.c1ccncc1. The molecular formula is C55H51ClN3P2Ru+2. The van der Waals surface area contributed by atoms with E-state index in [4.69, 9.17) is 11.5 Å². The summed E-state index contributed by atoms with van der Waals surface area (Å²) in [5.74, 6) is 0. The Bertz CT molecular complexity index is 2430. The molecule has 0 aliphatic heterocycles. The Morgan fingerprint density at radius 3 is 0.984 bits per heavy atom. The number of aromatic nitrogens is 1. The van der Waals surface area contributed by atoms with E-state index < -0.39 is 15.8 Å². The molecule has 7 heteroatoms. The summed E-state index contributed by atoms with van der Waals surface area (Å²) in [6.07, 6.45) is 7.75. The van der Waals surface area contributed by atoms with Gasteiger partial charge in [0.1, 0.15) is 31.8 Å². The van der Waals surface area contributed by atoms with Crippen molar-refractivity contribution in [3.05, 3.63) is 236 Å². The Hall–Kier alpha value is -4.88. The van der Waals surface area contributed by atoms with Crippen molar-refractivity contribution >= 4 is 78.9 Å².